The molecule has 0 fully saturated rings. The molecule has 1 aromatic rings. The van der Waals surface area contributed by atoms with Crippen molar-refractivity contribution in [3.05, 3.63) is 29.9 Å². The summed E-state index contributed by atoms with van der Waals surface area (Å²) in [7, 11) is 0. The van der Waals surface area contributed by atoms with Crippen LogP contribution in [0.5, 0.6) is 0 Å². The second-order valence-corrected chi connectivity index (χ2v) is 3.36. The molecular formula is C10H14N2. The van der Waals surface area contributed by atoms with Gasteiger partial charge < -0.3 is 4.57 Å². The molecule has 64 valence electrons. The Morgan fingerprint density at radius 3 is 3.08 bits per heavy atom. The van der Waals surface area contributed by atoms with Crippen LogP contribution in [0.4, 0.5) is 0 Å². The lowest BCUT2D eigenvalue weighted by Crippen LogP contribution is -2.00. The Balaban J connectivity index is 2.08. The number of imidazole rings is 1. The summed E-state index contributed by atoms with van der Waals surface area (Å²) in [5.74, 6) is 1.11. The van der Waals surface area contributed by atoms with Crippen LogP contribution in [0.15, 0.2) is 24.0 Å². The van der Waals surface area contributed by atoms with E-state index in [1.54, 1.807) is 5.57 Å². The molecule has 0 unspecified atom stereocenters. The molecule has 0 saturated carbocycles. The van der Waals surface area contributed by atoms with Gasteiger partial charge in [-0.2, -0.15) is 0 Å². The summed E-state index contributed by atoms with van der Waals surface area (Å²) in [5, 5.41) is 0. The maximum Gasteiger partial charge on any atom is 0.105 e. The molecular weight excluding hydrogens is 148 g/mol. The molecule has 0 atom stereocenters. The number of nitrogens with zero attached hydrogens (tertiary/aromatic N) is 2. The van der Waals surface area contributed by atoms with Crippen LogP contribution in [0.2, 0.25) is 0 Å². The van der Waals surface area contributed by atoms with Crippen LogP contribution < -0.4 is 0 Å². The van der Waals surface area contributed by atoms with Crippen molar-refractivity contribution in [1.82, 2.24) is 9.55 Å². The predicted octanol–water partition coefficient (Wildman–Crippen LogP) is 2.30. The van der Waals surface area contributed by atoms with E-state index in [0.717, 1.165) is 12.4 Å². The summed E-state index contributed by atoms with van der Waals surface area (Å²) in [6, 6.07) is 0. The molecule has 0 amide bonds. The third-order valence-corrected chi connectivity index (χ3v) is 2.43. The first-order valence-corrected chi connectivity index (χ1v) is 4.52. The van der Waals surface area contributed by atoms with Gasteiger partial charge in [-0.3, -0.25) is 0 Å². The average Bonchev–Trinajstić information content (AvgIpc) is 2.65. The molecule has 0 aliphatic heterocycles. The van der Waals surface area contributed by atoms with Crippen LogP contribution in [-0.4, -0.2) is 9.55 Å². The van der Waals surface area contributed by atoms with Gasteiger partial charge in [-0.05, 0) is 26.2 Å². The summed E-state index contributed by atoms with van der Waals surface area (Å²) in [4.78, 5) is 4.19. The van der Waals surface area contributed by atoms with Gasteiger partial charge in [-0.1, -0.05) is 11.6 Å². The summed E-state index contributed by atoms with van der Waals surface area (Å²) >= 11 is 0. The maximum atomic E-state index is 4.19. The first kappa shape index (κ1) is 7.59. The number of aryl methyl sites for hydroxylation is 1. The van der Waals surface area contributed by atoms with E-state index in [4.69, 9.17) is 0 Å². The lowest BCUT2D eigenvalue weighted by Gasteiger charge is -2.04. The number of allylic oxidation sites excluding steroid dienone is 2. The van der Waals surface area contributed by atoms with E-state index < -0.39 is 0 Å². The minimum Gasteiger partial charge on any atom is -0.331 e. The van der Waals surface area contributed by atoms with Crippen molar-refractivity contribution in [3.8, 4) is 0 Å². The van der Waals surface area contributed by atoms with Gasteiger partial charge in [0.25, 0.3) is 0 Å². The fourth-order valence-electron chi connectivity index (χ4n) is 1.67. The first-order chi connectivity index (χ1) is 5.86. The summed E-state index contributed by atoms with van der Waals surface area (Å²) < 4.78 is 2.21. The molecule has 0 spiro atoms. The van der Waals surface area contributed by atoms with Gasteiger partial charge in [0.2, 0.25) is 0 Å². The van der Waals surface area contributed by atoms with E-state index >= 15 is 0 Å². The van der Waals surface area contributed by atoms with E-state index in [-0.39, 0.29) is 0 Å². The summed E-state index contributed by atoms with van der Waals surface area (Å²) in [5.41, 5.74) is 1.57. The highest BCUT2D eigenvalue weighted by molar-refractivity contribution is 5.09. The zero-order valence-corrected chi connectivity index (χ0v) is 7.45. The Morgan fingerprint density at radius 1 is 1.58 bits per heavy atom. The Labute approximate surface area is 72.9 Å². The number of hydrogen-bond donors (Lipinski definition) is 0. The van der Waals surface area contributed by atoms with Crippen molar-refractivity contribution in [1.29, 1.82) is 0 Å². The fraction of sp³-hybridized carbons (Fsp3) is 0.500. The van der Waals surface area contributed by atoms with Crippen molar-refractivity contribution < 1.29 is 0 Å². The van der Waals surface area contributed by atoms with Crippen LogP contribution in [0.1, 0.15) is 25.1 Å². The van der Waals surface area contributed by atoms with Gasteiger partial charge in [0, 0.05) is 18.9 Å². The predicted molar refractivity (Wildman–Crippen MR) is 48.9 cm³/mol. The number of hydrogen-bond acceptors (Lipinski definition) is 1. The van der Waals surface area contributed by atoms with Crippen molar-refractivity contribution in [2.24, 2.45) is 0 Å². The van der Waals surface area contributed by atoms with Crippen LogP contribution in [0.25, 0.3) is 0 Å². The Hall–Kier alpha value is -1.05. The minimum atomic E-state index is 1.05. The van der Waals surface area contributed by atoms with Crippen molar-refractivity contribution in [2.75, 3.05) is 0 Å². The number of aromatic nitrogens is 2. The SMILES string of the molecule is Cc1nccn1CC1=CCCC1. The van der Waals surface area contributed by atoms with E-state index in [2.05, 4.69) is 28.7 Å². The van der Waals surface area contributed by atoms with Gasteiger partial charge in [0.1, 0.15) is 5.82 Å². The van der Waals surface area contributed by atoms with E-state index in [1.165, 1.54) is 19.3 Å². The lowest BCUT2D eigenvalue weighted by molar-refractivity contribution is 0.724. The third-order valence-electron chi connectivity index (χ3n) is 2.43. The maximum absolute atomic E-state index is 4.19. The molecule has 2 heteroatoms. The molecule has 2 nitrogen and oxygen atoms in total. The molecule has 1 aliphatic rings. The van der Waals surface area contributed by atoms with Crippen LogP contribution in [0.3, 0.4) is 0 Å². The standard InChI is InChI=1S/C10H14N2/c1-9-11-6-7-12(9)8-10-4-2-3-5-10/h4,6-7H,2-3,5,8H2,1H3. The van der Waals surface area contributed by atoms with Crippen molar-refractivity contribution >= 4 is 0 Å². The zero-order valence-electron chi connectivity index (χ0n) is 7.45. The fourth-order valence-corrected chi connectivity index (χ4v) is 1.67. The molecule has 0 radical (unpaired) electrons. The van der Waals surface area contributed by atoms with Crippen LogP contribution in [-0.2, 0) is 6.54 Å². The molecule has 0 aromatic carbocycles. The smallest absolute Gasteiger partial charge is 0.105 e. The largest absolute Gasteiger partial charge is 0.331 e. The van der Waals surface area contributed by atoms with Gasteiger partial charge in [0.15, 0.2) is 0 Å². The van der Waals surface area contributed by atoms with Crippen LogP contribution in [0, 0.1) is 6.92 Å². The Morgan fingerprint density at radius 2 is 2.50 bits per heavy atom. The van der Waals surface area contributed by atoms with E-state index in [9.17, 15) is 0 Å². The Bertz CT molecular complexity index is 297. The van der Waals surface area contributed by atoms with Crippen molar-refractivity contribution in [3.63, 3.8) is 0 Å². The number of rotatable bonds is 2. The summed E-state index contributed by atoms with van der Waals surface area (Å²) in [6.45, 7) is 3.10. The minimum absolute atomic E-state index is 1.05. The van der Waals surface area contributed by atoms with Gasteiger partial charge in [-0.25, -0.2) is 4.98 Å². The second-order valence-electron chi connectivity index (χ2n) is 3.36. The Kier molecular flexibility index (Phi) is 1.98. The zero-order chi connectivity index (χ0) is 8.39. The highest BCUT2D eigenvalue weighted by Crippen LogP contribution is 2.19. The van der Waals surface area contributed by atoms with E-state index in [1.807, 2.05) is 6.20 Å². The molecule has 0 N–H and O–H groups in total. The van der Waals surface area contributed by atoms with Gasteiger partial charge >= 0.3 is 0 Å². The normalized spacial score (nSPS) is 16.6. The second kappa shape index (κ2) is 3.13. The highest BCUT2D eigenvalue weighted by Gasteiger charge is 2.05. The monoisotopic (exact) mass is 162 g/mol. The molecule has 12 heavy (non-hydrogen) atoms. The lowest BCUT2D eigenvalue weighted by atomic mass is 10.2. The topological polar surface area (TPSA) is 17.8 Å². The molecule has 1 aliphatic carbocycles. The molecule has 1 aromatic heterocycles. The molecule has 0 saturated heterocycles. The van der Waals surface area contributed by atoms with Crippen molar-refractivity contribution in [2.45, 2.75) is 32.7 Å². The van der Waals surface area contributed by atoms with Gasteiger partial charge in [-0.15, -0.1) is 0 Å². The molecule has 1 heterocycles. The summed E-state index contributed by atoms with van der Waals surface area (Å²) in [6.07, 6.45) is 10.2. The highest BCUT2D eigenvalue weighted by atomic mass is 15.0. The average molecular weight is 162 g/mol. The first-order valence-electron chi connectivity index (χ1n) is 4.52. The molecule has 0 bridgehead atoms. The third kappa shape index (κ3) is 1.42. The quantitative estimate of drug-likeness (QED) is 0.610. The molecule has 2 rings (SSSR count). The van der Waals surface area contributed by atoms with Crippen LogP contribution >= 0.6 is 0 Å². The van der Waals surface area contributed by atoms with Gasteiger partial charge in [0.05, 0.1) is 0 Å². The van der Waals surface area contributed by atoms with E-state index in [0.29, 0.717) is 0 Å².